The first-order valence-electron chi connectivity index (χ1n) is 11.2. The number of rotatable bonds is 5. The number of nitrogens with one attached hydrogen (secondary N) is 1. The van der Waals surface area contributed by atoms with Gasteiger partial charge in [-0.1, -0.05) is 12.1 Å². The molecule has 2 aromatic heterocycles. The molecule has 0 radical (unpaired) electrons. The summed E-state index contributed by atoms with van der Waals surface area (Å²) in [5, 5.41) is 2.92. The summed E-state index contributed by atoms with van der Waals surface area (Å²) >= 11 is 1.96. The predicted octanol–water partition coefficient (Wildman–Crippen LogP) is 3.95. The lowest BCUT2D eigenvalue weighted by Crippen LogP contribution is -2.36. The molecule has 1 atom stereocenters. The van der Waals surface area contributed by atoms with Gasteiger partial charge in [-0.25, -0.2) is 9.97 Å². The standard InChI is InChI=1S/C24H25IN6O3/c25-34-21-3-1-2-15-4-5-16(12-17(15)21)18-14-28-23(26)22(29-18)24(32)30-19-13-27-7-6-20(19)31-8-10-33-11-9-31/h4-7,12-14,21H,1-3,8-11H2,(H2,26,28)(H,30,32). The Labute approximate surface area is 211 Å². The van der Waals surface area contributed by atoms with Crippen molar-refractivity contribution >= 4 is 46.1 Å². The maximum Gasteiger partial charge on any atom is 0.278 e. The second kappa shape index (κ2) is 10.2. The average molecular weight is 572 g/mol. The summed E-state index contributed by atoms with van der Waals surface area (Å²) in [5.74, 6) is -0.356. The van der Waals surface area contributed by atoms with Gasteiger partial charge in [-0.05, 0) is 42.5 Å². The molecule has 1 aromatic carbocycles. The Morgan fingerprint density at radius 2 is 2.09 bits per heavy atom. The van der Waals surface area contributed by atoms with Crippen molar-refractivity contribution in [3.05, 3.63) is 59.7 Å². The van der Waals surface area contributed by atoms with Gasteiger partial charge in [-0.2, -0.15) is 0 Å². The van der Waals surface area contributed by atoms with Crippen LogP contribution in [-0.2, 0) is 14.2 Å². The number of morpholine rings is 1. The number of nitrogen functional groups attached to an aromatic ring is 1. The predicted molar refractivity (Wildman–Crippen MR) is 138 cm³/mol. The van der Waals surface area contributed by atoms with Crippen molar-refractivity contribution in [1.82, 2.24) is 15.0 Å². The fourth-order valence-corrected chi connectivity index (χ4v) is 4.99. The average Bonchev–Trinajstić information content (AvgIpc) is 2.89. The van der Waals surface area contributed by atoms with E-state index in [1.165, 1.54) is 5.56 Å². The Morgan fingerprint density at radius 1 is 1.24 bits per heavy atom. The molecule has 3 N–H and O–H groups in total. The SMILES string of the molecule is Nc1ncc(-c2ccc3c(c2)C(OI)CCC3)nc1C(=O)Nc1cnccc1N1CCOCC1. The number of fused-ring (bicyclic) bond motifs is 1. The van der Waals surface area contributed by atoms with Gasteiger partial charge in [0.05, 0.1) is 48.8 Å². The lowest BCUT2D eigenvalue weighted by atomic mass is 9.88. The minimum atomic E-state index is -0.430. The number of carbonyl (C=O) groups is 1. The Morgan fingerprint density at radius 3 is 2.91 bits per heavy atom. The van der Waals surface area contributed by atoms with Crippen molar-refractivity contribution in [2.45, 2.75) is 25.4 Å². The number of pyridine rings is 1. The monoisotopic (exact) mass is 572 g/mol. The van der Waals surface area contributed by atoms with Crippen LogP contribution in [0.2, 0.25) is 0 Å². The molecule has 34 heavy (non-hydrogen) atoms. The second-order valence-corrected chi connectivity index (χ2v) is 8.83. The molecule has 0 saturated carbocycles. The molecule has 3 heterocycles. The van der Waals surface area contributed by atoms with Gasteiger partial charge in [0.2, 0.25) is 0 Å². The lowest BCUT2D eigenvalue weighted by molar-refractivity contribution is 0.102. The summed E-state index contributed by atoms with van der Waals surface area (Å²) in [5.41, 5.74) is 11.5. The quantitative estimate of drug-likeness (QED) is 0.442. The van der Waals surface area contributed by atoms with E-state index < -0.39 is 5.91 Å². The highest BCUT2D eigenvalue weighted by Crippen LogP contribution is 2.36. The summed E-state index contributed by atoms with van der Waals surface area (Å²) in [6.07, 6.45) is 8.10. The smallest absolute Gasteiger partial charge is 0.278 e. The minimum absolute atomic E-state index is 0.0537. The molecule has 1 fully saturated rings. The number of aromatic nitrogens is 3. The summed E-state index contributed by atoms with van der Waals surface area (Å²) in [4.78, 5) is 28.4. The number of halogens is 1. The van der Waals surface area contributed by atoms with Gasteiger partial charge in [0.1, 0.15) is 23.0 Å². The van der Waals surface area contributed by atoms with Crippen molar-refractivity contribution in [1.29, 1.82) is 0 Å². The van der Waals surface area contributed by atoms with Crippen LogP contribution in [0, 0.1) is 0 Å². The van der Waals surface area contributed by atoms with E-state index in [2.05, 4.69) is 37.3 Å². The van der Waals surface area contributed by atoms with E-state index in [0.717, 1.165) is 49.2 Å². The van der Waals surface area contributed by atoms with Crippen LogP contribution in [0.4, 0.5) is 17.2 Å². The first-order valence-corrected chi connectivity index (χ1v) is 12.1. The van der Waals surface area contributed by atoms with Gasteiger partial charge in [0.15, 0.2) is 11.5 Å². The zero-order chi connectivity index (χ0) is 23.5. The molecule has 3 aromatic rings. The number of benzene rings is 1. The van der Waals surface area contributed by atoms with E-state index in [-0.39, 0.29) is 17.6 Å². The molecular weight excluding hydrogens is 547 g/mol. The molecule has 10 heteroatoms. The van der Waals surface area contributed by atoms with E-state index in [0.29, 0.717) is 24.6 Å². The fourth-order valence-electron chi connectivity index (χ4n) is 4.46. The van der Waals surface area contributed by atoms with Crippen molar-refractivity contribution < 1.29 is 12.6 Å². The second-order valence-electron chi connectivity index (χ2n) is 8.32. The highest BCUT2D eigenvalue weighted by Gasteiger charge is 2.23. The van der Waals surface area contributed by atoms with Crippen LogP contribution < -0.4 is 16.0 Å². The van der Waals surface area contributed by atoms with Crippen LogP contribution in [-0.4, -0.2) is 47.2 Å². The van der Waals surface area contributed by atoms with Gasteiger partial charge in [-0.3, -0.25) is 9.78 Å². The minimum Gasteiger partial charge on any atom is -0.382 e. The topological polar surface area (TPSA) is 115 Å². The van der Waals surface area contributed by atoms with Crippen LogP contribution in [0.1, 0.15) is 40.6 Å². The zero-order valence-corrected chi connectivity index (χ0v) is 20.7. The number of aryl methyl sites for hydroxylation is 1. The van der Waals surface area contributed by atoms with Crippen LogP contribution in [0.3, 0.4) is 0 Å². The number of anilines is 3. The van der Waals surface area contributed by atoms with Gasteiger partial charge in [-0.15, -0.1) is 0 Å². The Bertz CT molecular complexity index is 1200. The van der Waals surface area contributed by atoms with Gasteiger partial charge >= 0.3 is 0 Å². The van der Waals surface area contributed by atoms with Crippen LogP contribution in [0.5, 0.6) is 0 Å². The number of ether oxygens (including phenoxy) is 1. The summed E-state index contributed by atoms with van der Waals surface area (Å²) in [6.45, 7) is 2.76. The fraction of sp³-hybridized carbons (Fsp3) is 0.333. The largest absolute Gasteiger partial charge is 0.382 e. The number of amides is 1. The Balaban J connectivity index is 1.43. The first-order chi connectivity index (χ1) is 16.6. The Kier molecular flexibility index (Phi) is 6.88. The molecule has 0 spiro atoms. The first kappa shape index (κ1) is 22.9. The van der Waals surface area contributed by atoms with Crippen molar-refractivity contribution in [2.24, 2.45) is 0 Å². The normalized spacial score (nSPS) is 17.8. The maximum atomic E-state index is 13.2. The summed E-state index contributed by atoms with van der Waals surface area (Å²) in [6, 6.07) is 8.07. The molecule has 0 bridgehead atoms. The maximum absolute atomic E-state index is 13.2. The van der Waals surface area contributed by atoms with Crippen molar-refractivity contribution in [3.63, 3.8) is 0 Å². The zero-order valence-electron chi connectivity index (χ0n) is 18.5. The third-order valence-electron chi connectivity index (χ3n) is 6.22. The summed E-state index contributed by atoms with van der Waals surface area (Å²) in [7, 11) is 0. The number of hydrogen-bond donors (Lipinski definition) is 2. The van der Waals surface area contributed by atoms with Crippen molar-refractivity contribution in [3.8, 4) is 11.3 Å². The van der Waals surface area contributed by atoms with E-state index >= 15 is 0 Å². The molecular formula is C24H25IN6O3. The highest BCUT2D eigenvalue weighted by atomic mass is 127. The number of hydrogen-bond acceptors (Lipinski definition) is 8. The van der Waals surface area contributed by atoms with Gasteiger partial charge in [0.25, 0.3) is 5.91 Å². The molecule has 1 saturated heterocycles. The molecule has 2 aliphatic rings. The highest BCUT2D eigenvalue weighted by molar-refractivity contribution is 14.1. The molecule has 5 rings (SSSR count). The van der Waals surface area contributed by atoms with Crippen LogP contribution in [0.15, 0.2) is 42.9 Å². The van der Waals surface area contributed by atoms with Crippen molar-refractivity contribution in [2.75, 3.05) is 42.3 Å². The van der Waals surface area contributed by atoms with E-state index in [1.54, 1.807) is 18.6 Å². The molecule has 1 aliphatic carbocycles. The number of nitrogens with zero attached hydrogens (tertiary/aromatic N) is 4. The number of nitrogens with two attached hydrogens (primary N) is 1. The third-order valence-corrected chi connectivity index (χ3v) is 6.84. The van der Waals surface area contributed by atoms with Gasteiger partial charge < -0.3 is 23.8 Å². The van der Waals surface area contributed by atoms with Crippen LogP contribution in [0.25, 0.3) is 11.3 Å². The Hall–Kier alpha value is -2.83. The molecule has 9 nitrogen and oxygen atoms in total. The van der Waals surface area contributed by atoms with E-state index in [1.807, 2.05) is 35.1 Å². The van der Waals surface area contributed by atoms with E-state index in [4.69, 9.17) is 13.5 Å². The summed E-state index contributed by atoms with van der Waals surface area (Å²) < 4.78 is 11.1. The van der Waals surface area contributed by atoms with E-state index in [9.17, 15) is 4.79 Å². The van der Waals surface area contributed by atoms with Crippen LogP contribution >= 0.6 is 23.0 Å². The number of carbonyl (C=O) groups excluding carboxylic acids is 1. The molecule has 1 unspecified atom stereocenters. The molecule has 1 aliphatic heterocycles. The molecule has 176 valence electrons. The van der Waals surface area contributed by atoms with Gasteiger partial charge in [0, 0.05) is 24.8 Å². The third kappa shape index (κ3) is 4.70. The lowest BCUT2D eigenvalue weighted by Gasteiger charge is -2.30. The molecule has 1 amide bonds.